The van der Waals surface area contributed by atoms with Gasteiger partial charge in [-0.15, -0.1) is 0 Å². The van der Waals surface area contributed by atoms with Crippen LogP contribution in [-0.4, -0.2) is 41.9 Å². The van der Waals surface area contributed by atoms with E-state index in [1.165, 1.54) is 0 Å². The smallest absolute Gasteiger partial charge is 0.150 e. The highest BCUT2D eigenvalue weighted by Crippen LogP contribution is 2.14. The fourth-order valence-electron chi connectivity index (χ4n) is 0.679. The van der Waals surface area contributed by atoms with Crippen molar-refractivity contribution in [1.82, 2.24) is 0 Å². The number of hydrogen-bond donors (Lipinski definition) is 0. The second-order valence-corrected chi connectivity index (χ2v) is 8.43. The summed E-state index contributed by atoms with van der Waals surface area (Å²) in [7, 11) is -4.47. The molecule has 0 aliphatic heterocycles. The molecule has 0 amide bonds. The van der Waals surface area contributed by atoms with Crippen molar-refractivity contribution >= 4 is 26.4 Å². The maximum Gasteiger partial charge on any atom is 0.150 e. The minimum absolute atomic E-state index is 0.0423. The van der Waals surface area contributed by atoms with Crippen molar-refractivity contribution in [2.24, 2.45) is 5.41 Å². The first-order valence-electron chi connectivity index (χ1n) is 4.58. The second-order valence-electron chi connectivity index (χ2n) is 4.59. The molecule has 0 saturated carbocycles. The lowest BCUT2D eigenvalue weighted by atomic mass is 9.92. The fourth-order valence-corrected chi connectivity index (χ4v) is 3.50. The molecule has 6 heteroatoms. The van der Waals surface area contributed by atoms with Gasteiger partial charge < -0.3 is 0 Å². The lowest BCUT2D eigenvalue weighted by Crippen LogP contribution is -2.27. The average Bonchev–Trinajstić information content (AvgIpc) is 1.97. The summed E-state index contributed by atoms with van der Waals surface area (Å²) in [5.74, 6) is -0.245. The van der Waals surface area contributed by atoms with Gasteiger partial charge in [0.1, 0.15) is 9.84 Å². The largest absolute Gasteiger partial charge is 0.298 e. The van der Waals surface area contributed by atoms with E-state index in [1.807, 2.05) is 0 Å². The van der Waals surface area contributed by atoms with E-state index >= 15 is 0 Å². The molecule has 15 heavy (non-hydrogen) atoms. The van der Waals surface area contributed by atoms with Gasteiger partial charge in [0.25, 0.3) is 0 Å². The Balaban J connectivity index is 4.13. The molecule has 90 valence electrons. The SMILES string of the molecule is CC(C)(C)C(=O)CS(=O)CCS(C)(=O)=O. The molecule has 4 nitrogen and oxygen atoms in total. The number of ketones is 1. The van der Waals surface area contributed by atoms with Crippen LogP contribution in [0.3, 0.4) is 0 Å². The van der Waals surface area contributed by atoms with E-state index < -0.39 is 26.1 Å². The van der Waals surface area contributed by atoms with Gasteiger partial charge in [0.05, 0.1) is 11.5 Å². The minimum atomic E-state index is -3.09. The number of sulfone groups is 1. The van der Waals surface area contributed by atoms with Crippen LogP contribution in [0.25, 0.3) is 0 Å². The third-order valence-electron chi connectivity index (χ3n) is 1.81. The number of carbonyl (C=O) groups excluding carboxylic acids is 1. The summed E-state index contributed by atoms with van der Waals surface area (Å²) in [6, 6.07) is 0. The maximum atomic E-state index is 11.5. The summed E-state index contributed by atoms with van der Waals surface area (Å²) < 4.78 is 33.0. The zero-order chi connectivity index (χ0) is 12.3. The van der Waals surface area contributed by atoms with Gasteiger partial charge in [-0.3, -0.25) is 9.00 Å². The molecule has 0 saturated heterocycles. The van der Waals surface area contributed by atoms with Crippen molar-refractivity contribution in [1.29, 1.82) is 0 Å². The predicted octanol–water partition coefficient (Wildman–Crippen LogP) is 0.395. The molecule has 0 aliphatic carbocycles. The lowest BCUT2D eigenvalue weighted by molar-refractivity contribution is -0.123. The van der Waals surface area contributed by atoms with Gasteiger partial charge in [-0.05, 0) is 0 Å². The Morgan fingerprint density at radius 3 is 2.07 bits per heavy atom. The predicted molar refractivity (Wildman–Crippen MR) is 62.0 cm³/mol. The zero-order valence-electron chi connectivity index (χ0n) is 9.57. The molecule has 0 N–H and O–H groups in total. The van der Waals surface area contributed by atoms with Gasteiger partial charge in [0.2, 0.25) is 0 Å². The Morgan fingerprint density at radius 1 is 1.27 bits per heavy atom. The van der Waals surface area contributed by atoms with E-state index in [-0.39, 0.29) is 23.0 Å². The number of Topliss-reactive ketones (excluding diaryl/α,β-unsaturated/α-hetero) is 1. The maximum absolute atomic E-state index is 11.5. The van der Waals surface area contributed by atoms with Crippen LogP contribution in [0.5, 0.6) is 0 Å². The number of hydrogen-bond acceptors (Lipinski definition) is 4. The van der Waals surface area contributed by atoms with E-state index in [1.54, 1.807) is 20.8 Å². The summed E-state index contributed by atoms with van der Waals surface area (Å²) in [4.78, 5) is 11.5. The van der Waals surface area contributed by atoms with Crippen LogP contribution in [-0.2, 0) is 25.4 Å². The highest BCUT2D eigenvalue weighted by molar-refractivity contribution is 7.92. The van der Waals surface area contributed by atoms with Crippen LogP contribution in [0.4, 0.5) is 0 Å². The van der Waals surface area contributed by atoms with E-state index in [2.05, 4.69) is 0 Å². The molecule has 1 atom stereocenters. The molecule has 0 aromatic rings. The quantitative estimate of drug-likeness (QED) is 0.712. The van der Waals surface area contributed by atoms with Crippen LogP contribution in [0, 0.1) is 5.41 Å². The molecule has 0 radical (unpaired) electrons. The van der Waals surface area contributed by atoms with Crippen LogP contribution in [0.15, 0.2) is 0 Å². The normalized spacial score (nSPS) is 14.9. The first kappa shape index (κ1) is 14.8. The van der Waals surface area contributed by atoms with E-state index in [0.717, 1.165) is 6.26 Å². The molecule has 0 aliphatic rings. The molecule has 0 aromatic heterocycles. The third kappa shape index (κ3) is 7.67. The molecular formula is C9H18O4S2. The Kier molecular flexibility index (Phi) is 5.13. The van der Waals surface area contributed by atoms with Crippen LogP contribution < -0.4 is 0 Å². The van der Waals surface area contributed by atoms with Crippen LogP contribution >= 0.6 is 0 Å². The summed E-state index contributed by atoms with van der Waals surface area (Å²) in [5, 5.41) is 0. The highest BCUT2D eigenvalue weighted by atomic mass is 32.2. The van der Waals surface area contributed by atoms with E-state index in [0.29, 0.717) is 0 Å². The Hall–Kier alpha value is -0.230. The average molecular weight is 254 g/mol. The molecule has 0 bridgehead atoms. The Labute approximate surface area is 93.8 Å². The van der Waals surface area contributed by atoms with Crippen molar-refractivity contribution in [3.63, 3.8) is 0 Å². The Morgan fingerprint density at radius 2 is 1.73 bits per heavy atom. The monoisotopic (exact) mass is 254 g/mol. The second kappa shape index (κ2) is 5.21. The standard InChI is InChI=1S/C9H18O4S2/c1-9(2,3)8(10)7-14(11)5-6-15(4,12)13/h5-7H2,1-4H3. The van der Waals surface area contributed by atoms with Crippen molar-refractivity contribution in [3.8, 4) is 0 Å². The van der Waals surface area contributed by atoms with E-state index in [9.17, 15) is 17.4 Å². The first-order valence-corrected chi connectivity index (χ1v) is 8.13. The van der Waals surface area contributed by atoms with Crippen molar-refractivity contribution in [2.75, 3.05) is 23.5 Å². The third-order valence-corrected chi connectivity index (χ3v) is 4.26. The number of carbonyl (C=O) groups is 1. The molecular weight excluding hydrogens is 236 g/mol. The van der Waals surface area contributed by atoms with Gasteiger partial charge in [0, 0.05) is 28.2 Å². The van der Waals surface area contributed by atoms with Crippen molar-refractivity contribution < 1.29 is 17.4 Å². The number of rotatable bonds is 5. The van der Waals surface area contributed by atoms with Crippen LogP contribution in [0.1, 0.15) is 20.8 Å². The first-order chi connectivity index (χ1) is 6.52. The summed E-state index contributed by atoms with van der Waals surface area (Å²) >= 11 is 0. The minimum Gasteiger partial charge on any atom is -0.298 e. The van der Waals surface area contributed by atoms with Crippen molar-refractivity contribution in [3.05, 3.63) is 0 Å². The van der Waals surface area contributed by atoms with Gasteiger partial charge in [-0.25, -0.2) is 8.42 Å². The van der Waals surface area contributed by atoms with Gasteiger partial charge in [-0.2, -0.15) is 0 Å². The fraction of sp³-hybridized carbons (Fsp3) is 0.889. The molecule has 0 spiro atoms. The summed E-state index contributed by atoms with van der Waals surface area (Å²) in [5.41, 5.74) is -0.513. The van der Waals surface area contributed by atoms with Gasteiger partial charge >= 0.3 is 0 Å². The molecule has 0 fully saturated rings. The summed E-state index contributed by atoms with van der Waals surface area (Å²) in [6.07, 6.45) is 1.09. The molecule has 0 rings (SSSR count). The zero-order valence-corrected chi connectivity index (χ0v) is 11.2. The van der Waals surface area contributed by atoms with Crippen molar-refractivity contribution in [2.45, 2.75) is 20.8 Å². The molecule has 1 unspecified atom stereocenters. The lowest BCUT2D eigenvalue weighted by Gasteiger charge is -2.15. The molecule has 0 heterocycles. The van der Waals surface area contributed by atoms with Gasteiger partial charge in [0.15, 0.2) is 5.78 Å². The van der Waals surface area contributed by atoms with Gasteiger partial charge in [-0.1, -0.05) is 20.8 Å². The van der Waals surface area contributed by atoms with Crippen LogP contribution in [0.2, 0.25) is 0 Å². The highest BCUT2D eigenvalue weighted by Gasteiger charge is 2.23. The van der Waals surface area contributed by atoms with E-state index in [4.69, 9.17) is 0 Å². The topological polar surface area (TPSA) is 68.3 Å². The molecule has 0 aromatic carbocycles. The summed E-state index contributed by atoms with van der Waals surface area (Å²) in [6.45, 7) is 5.26. The Bertz CT molecular complexity index is 349.